The molecule has 2 unspecified atom stereocenters. The van der Waals surface area contributed by atoms with Crippen molar-refractivity contribution in [2.24, 2.45) is 11.1 Å². The lowest BCUT2D eigenvalue weighted by atomic mass is 9.84. The van der Waals surface area contributed by atoms with E-state index in [0.29, 0.717) is 58.4 Å². The molecule has 3 aliphatic heterocycles. The van der Waals surface area contributed by atoms with Crippen molar-refractivity contribution in [2.45, 2.75) is 103 Å². The molecule has 14 nitrogen and oxygen atoms in total. The van der Waals surface area contributed by atoms with Crippen LogP contribution in [0.2, 0.25) is 0 Å². The molecule has 2 aromatic heterocycles. The summed E-state index contributed by atoms with van der Waals surface area (Å²) in [4.78, 5) is 48.7. The van der Waals surface area contributed by atoms with E-state index in [-0.39, 0.29) is 24.6 Å². The van der Waals surface area contributed by atoms with E-state index < -0.39 is 17.5 Å². The summed E-state index contributed by atoms with van der Waals surface area (Å²) in [5.41, 5.74) is 19.6. The summed E-state index contributed by atoms with van der Waals surface area (Å²) in [5.74, 6) is -0.639. The maximum absolute atomic E-state index is 13.8. The van der Waals surface area contributed by atoms with Crippen molar-refractivity contribution in [2.75, 3.05) is 76.4 Å². The number of pyridine rings is 1. The van der Waals surface area contributed by atoms with E-state index in [9.17, 15) is 14.4 Å². The SMILES string of the molecule is CCn1c(-c2cc(N3CCN(C4CC4)CC3)cnc2C(C)OC)c2c3cc(ccc31)-c1cc(cc(NCCOCCC=O)c1)CC(N)C(=O)N1CCC[C@H](N1)C(=O)OCC(C)(C)C2. The van der Waals surface area contributed by atoms with Crippen molar-refractivity contribution in [1.29, 1.82) is 0 Å². The fourth-order valence-corrected chi connectivity index (χ4v) is 9.60. The van der Waals surface area contributed by atoms with Gasteiger partial charge in [-0.05, 0) is 105 Å². The Hall–Kier alpha value is -4.86. The largest absolute Gasteiger partial charge is 0.464 e. The lowest BCUT2D eigenvalue weighted by Crippen LogP contribution is -2.59. The van der Waals surface area contributed by atoms with Gasteiger partial charge in [0.25, 0.3) is 5.91 Å². The second-order valence-corrected chi connectivity index (χ2v) is 18.5. The number of fused-ring (bicyclic) bond motifs is 6. The zero-order valence-corrected chi connectivity index (χ0v) is 37.8. The van der Waals surface area contributed by atoms with Crippen LogP contribution in [0.15, 0.2) is 48.7 Å². The van der Waals surface area contributed by atoms with E-state index in [4.69, 9.17) is 24.9 Å². The number of aryl methyl sites for hydroxylation is 1. The molecule has 0 spiro atoms. The molecule has 1 saturated carbocycles. The molecule has 3 fully saturated rings. The van der Waals surface area contributed by atoms with Crippen LogP contribution in [0.25, 0.3) is 33.3 Å². The third-order valence-electron chi connectivity index (χ3n) is 13.2. The average Bonchev–Trinajstić information content (AvgIpc) is 4.11. The van der Waals surface area contributed by atoms with Gasteiger partial charge >= 0.3 is 5.97 Å². The fourth-order valence-electron chi connectivity index (χ4n) is 9.60. The summed E-state index contributed by atoms with van der Waals surface area (Å²) in [6.07, 6.45) is 7.71. The summed E-state index contributed by atoms with van der Waals surface area (Å²) in [7, 11) is 1.74. The first-order valence-corrected chi connectivity index (χ1v) is 23.0. The number of ether oxygens (including phenoxy) is 3. The molecule has 2 saturated heterocycles. The lowest BCUT2D eigenvalue weighted by molar-refractivity contribution is -0.154. The molecule has 8 rings (SSSR count). The number of hydrazine groups is 1. The number of nitrogens with two attached hydrogens (primary N) is 1. The van der Waals surface area contributed by atoms with Gasteiger partial charge in [0, 0.05) is 93.0 Å². The number of amides is 1. The molecule has 2 aromatic carbocycles. The van der Waals surface area contributed by atoms with E-state index in [1.807, 2.05) is 12.3 Å². The highest BCUT2D eigenvalue weighted by Gasteiger charge is 2.35. The molecule has 338 valence electrons. The Morgan fingerprint density at radius 1 is 1.03 bits per heavy atom. The number of nitrogens with zero attached hydrogens (tertiary/aromatic N) is 5. The predicted molar refractivity (Wildman–Crippen MR) is 246 cm³/mol. The number of rotatable bonds is 13. The number of hydrogen-bond donors (Lipinski definition) is 3. The quantitative estimate of drug-likeness (QED) is 0.0834. The molecule has 14 heteroatoms. The van der Waals surface area contributed by atoms with Crippen LogP contribution >= 0.6 is 0 Å². The molecular formula is C49H66N8O6. The van der Waals surface area contributed by atoms with Gasteiger partial charge in [0.05, 0.1) is 55.2 Å². The summed E-state index contributed by atoms with van der Waals surface area (Å²) >= 11 is 0. The van der Waals surface area contributed by atoms with Crippen molar-refractivity contribution < 1.29 is 28.6 Å². The molecule has 63 heavy (non-hydrogen) atoms. The Morgan fingerprint density at radius 2 is 1.84 bits per heavy atom. The van der Waals surface area contributed by atoms with E-state index in [1.54, 1.807) is 7.11 Å². The molecule has 4 aromatic rings. The minimum Gasteiger partial charge on any atom is -0.464 e. The van der Waals surface area contributed by atoms with Gasteiger partial charge in [-0.25, -0.2) is 5.43 Å². The number of aldehydes is 1. The van der Waals surface area contributed by atoms with Crippen molar-refractivity contribution in [1.82, 2.24) is 24.9 Å². The fraction of sp³-hybridized carbons (Fsp3) is 0.551. The summed E-state index contributed by atoms with van der Waals surface area (Å²) in [6, 6.07) is 14.6. The van der Waals surface area contributed by atoms with Gasteiger partial charge in [0.2, 0.25) is 0 Å². The maximum atomic E-state index is 13.8. The first-order valence-electron chi connectivity index (χ1n) is 23.0. The maximum Gasteiger partial charge on any atom is 0.324 e. The Balaban J connectivity index is 1.27. The lowest BCUT2D eigenvalue weighted by Gasteiger charge is -2.36. The number of benzene rings is 2. The summed E-state index contributed by atoms with van der Waals surface area (Å²) in [6.45, 7) is 15.3. The number of nitrogens with one attached hydrogen (secondary N) is 2. The van der Waals surface area contributed by atoms with Gasteiger partial charge in [-0.15, -0.1) is 0 Å². The van der Waals surface area contributed by atoms with Gasteiger partial charge in [-0.3, -0.25) is 24.5 Å². The van der Waals surface area contributed by atoms with Crippen molar-refractivity contribution in [3.05, 3.63) is 65.5 Å². The molecule has 0 radical (unpaired) electrons. The third kappa shape index (κ3) is 10.1. The number of esters is 1. The molecule has 6 bridgehead atoms. The zero-order chi connectivity index (χ0) is 44.3. The van der Waals surface area contributed by atoms with Crippen LogP contribution in [0.3, 0.4) is 0 Å². The van der Waals surface area contributed by atoms with Crippen molar-refractivity contribution >= 4 is 40.4 Å². The highest BCUT2D eigenvalue weighted by Crippen LogP contribution is 2.43. The highest BCUT2D eigenvalue weighted by atomic mass is 16.5. The number of aromatic nitrogens is 2. The molecular weight excluding hydrogens is 797 g/mol. The van der Waals surface area contributed by atoms with Crippen LogP contribution < -0.4 is 21.4 Å². The number of cyclic esters (lactones) is 1. The Morgan fingerprint density at radius 3 is 2.59 bits per heavy atom. The van der Waals surface area contributed by atoms with Crippen LogP contribution in [-0.4, -0.2) is 122 Å². The molecule has 3 atom stereocenters. The first kappa shape index (κ1) is 44.7. The van der Waals surface area contributed by atoms with Crippen molar-refractivity contribution in [3.63, 3.8) is 0 Å². The van der Waals surface area contributed by atoms with E-state index in [1.165, 1.54) is 17.9 Å². The van der Waals surface area contributed by atoms with Crippen molar-refractivity contribution in [3.8, 4) is 22.4 Å². The van der Waals surface area contributed by atoms with E-state index >= 15 is 0 Å². The summed E-state index contributed by atoms with van der Waals surface area (Å²) in [5, 5.41) is 6.13. The smallest absolute Gasteiger partial charge is 0.324 e. The minimum atomic E-state index is -0.842. The Kier molecular flexibility index (Phi) is 13.8. The number of hydrogen-bond acceptors (Lipinski definition) is 12. The van der Waals surface area contributed by atoms with Crippen LogP contribution in [0, 0.1) is 5.41 Å². The predicted octanol–water partition coefficient (Wildman–Crippen LogP) is 5.89. The topological polar surface area (TPSA) is 157 Å². The number of anilines is 2. The zero-order valence-electron chi connectivity index (χ0n) is 37.8. The van der Waals surface area contributed by atoms with Gasteiger partial charge in [0.15, 0.2) is 0 Å². The minimum absolute atomic E-state index is 0.191. The number of carbonyl (C=O) groups excluding carboxylic acids is 3. The van der Waals surface area contributed by atoms with Gasteiger partial charge in [0.1, 0.15) is 12.3 Å². The van der Waals surface area contributed by atoms with Gasteiger partial charge in [-0.1, -0.05) is 26.0 Å². The van der Waals surface area contributed by atoms with Crippen LogP contribution in [0.4, 0.5) is 11.4 Å². The average molecular weight is 863 g/mol. The molecule has 1 aliphatic carbocycles. The number of methoxy groups -OCH3 is 1. The molecule has 4 N–H and O–H groups in total. The number of piperazine rings is 1. The van der Waals surface area contributed by atoms with Gasteiger partial charge < -0.3 is 39.5 Å². The second kappa shape index (κ2) is 19.5. The van der Waals surface area contributed by atoms with E-state index in [0.717, 1.165) is 107 Å². The molecule has 4 aliphatic rings. The molecule has 5 heterocycles. The Bertz CT molecular complexity index is 2280. The van der Waals surface area contributed by atoms with Gasteiger partial charge in [-0.2, -0.15) is 0 Å². The van der Waals surface area contributed by atoms with E-state index in [2.05, 4.69) is 89.2 Å². The Labute approximate surface area is 371 Å². The first-order chi connectivity index (χ1) is 30.5. The van der Waals surface area contributed by atoms with Crippen LogP contribution in [-0.2, 0) is 48.0 Å². The second-order valence-electron chi connectivity index (χ2n) is 18.5. The highest BCUT2D eigenvalue weighted by molar-refractivity contribution is 5.96. The summed E-state index contributed by atoms with van der Waals surface area (Å²) < 4.78 is 20.2. The molecule has 1 amide bonds. The third-order valence-corrected chi connectivity index (χ3v) is 13.2. The monoisotopic (exact) mass is 863 g/mol. The van der Waals surface area contributed by atoms with Crippen LogP contribution in [0.1, 0.15) is 82.7 Å². The normalized spacial score (nSPS) is 21.6. The number of carbonyl (C=O) groups is 3. The van der Waals surface area contributed by atoms with Crippen LogP contribution in [0.5, 0.6) is 0 Å². The standard InChI is InChI=1S/C49H66N8O6/c1-6-56-44-13-10-34-27-39(44)41(46(56)40-28-38(30-52-45(40)32(2)61-5)55-18-16-54(17-19-55)37-11-12-37)29-49(3,4)31-63-48(60)43-9-7-15-57(53-43)47(59)42(50)25-33-23-35(34)26-36(24-33)51-14-22-62-21-8-20-58/h10,13,20,23-24,26-28,30,32,37,42-43,51,53H,6-9,11-12,14-19,21-22,25,29,31,50H2,1-5H3/t32?,42?,43-/m0/s1.